The monoisotopic (exact) mass is 220 g/mol. The van der Waals surface area contributed by atoms with Crippen molar-refractivity contribution in [3.63, 3.8) is 0 Å². The Hall–Kier alpha value is -0.130. The van der Waals surface area contributed by atoms with Gasteiger partial charge in [-0.25, -0.2) is 8.42 Å². The van der Waals surface area contributed by atoms with Crippen LogP contribution in [0.15, 0.2) is 0 Å². The van der Waals surface area contributed by atoms with E-state index in [1.165, 1.54) is 0 Å². The van der Waals surface area contributed by atoms with Crippen molar-refractivity contribution < 1.29 is 8.42 Å². The van der Waals surface area contributed by atoms with Gasteiger partial charge in [-0.1, -0.05) is 0 Å². The van der Waals surface area contributed by atoms with E-state index >= 15 is 0 Å². The van der Waals surface area contributed by atoms with E-state index in [4.69, 9.17) is 0 Å². The maximum atomic E-state index is 11.3. The fraction of sp³-hybridized carbons (Fsp3) is 1.00. The zero-order valence-electron chi connectivity index (χ0n) is 8.99. The predicted octanol–water partition coefficient (Wildman–Crippen LogP) is -0.285. The number of hydrogen-bond donors (Lipinski definition) is 1. The molecule has 1 rings (SSSR count). The van der Waals surface area contributed by atoms with Gasteiger partial charge in [-0.05, 0) is 26.9 Å². The van der Waals surface area contributed by atoms with Crippen LogP contribution in [0.1, 0.15) is 12.8 Å². The zero-order valence-corrected chi connectivity index (χ0v) is 9.81. The van der Waals surface area contributed by atoms with E-state index in [9.17, 15) is 8.42 Å². The van der Waals surface area contributed by atoms with Gasteiger partial charge in [-0.3, -0.25) is 0 Å². The molecule has 1 unspecified atom stereocenters. The minimum absolute atomic E-state index is 0.175. The average molecular weight is 220 g/mol. The summed E-state index contributed by atoms with van der Waals surface area (Å²) in [6.07, 6.45) is 1.80. The lowest BCUT2D eigenvalue weighted by molar-refractivity contribution is 0.380. The number of nitrogens with zero attached hydrogens (tertiary/aromatic N) is 1. The van der Waals surface area contributed by atoms with Crippen LogP contribution >= 0.6 is 0 Å². The molecule has 0 saturated carbocycles. The van der Waals surface area contributed by atoms with Crippen LogP contribution in [-0.2, 0) is 9.84 Å². The molecule has 1 heterocycles. The number of rotatable bonds is 4. The Morgan fingerprint density at radius 3 is 2.71 bits per heavy atom. The Bertz CT molecular complexity index is 262. The van der Waals surface area contributed by atoms with Crippen molar-refractivity contribution >= 4 is 9.84 Å². The largest absolute Gasteiger partial charge is 0.312 e. The van der Waals surface area contributed by atoms with Gasteiger partial charge in [0.25, 0.3) is 0 Å². The lowest BCUT2D eigenvalue weighted by Crippen LogP contribution is -2.42. The first-order valence-electron chi connectivity index (χ1n) is 5.08. The molecule has 14 heavy (non-hydrogen) atoms. The topological polar surface area (TPSA) is 49.4 Å². The van der Waals surface area contributed by atoms with Crippen LogP contribution < -0.4 is 5.32 Å². The van der Waals surface area contributed by atoms with Crippen molar-refractivity contribution in [3.05, 3.63) is 0 Å². The number of nitrogens with one attached hydrogen (secondary N) is 1. The summed E-state index contributed by atoms with van der Waals surface area (Å²) in [7, 11) is 1.27. The van der Waals surface area contributed by atoms with Gasteiger partial charge in [0.2, 0.25) is 0 Å². The normalized spacial score (nSPS) is 26.6. The fourth-order valence-electron chi connectivity index (χ4n) is 1.68. The molecule has 84 valence electrons. The Kier molecular flexibility index (Phi) is 4.34. The van der Waals surface area contributed by atoms with E-state index in [0.29, 0.717) is 11.5 Å². The highest BCUT2D eigenvalue weighted by molar-refractivity contribution is 7.91. The van der Waals surface area contributed by atoms with Gasteiger partial charge in [0.1, 0.15) is 0 Å². The minimum Gasteiger partial charge on any atom is -0.312 e. The summed E-state index contributed by atoms with van der Waals surface area (Å²) in [6, 6.07) is 0.175. The van der Waals surface area contributed by atoms with Gasteiger partial charge >= 0.3 is 0 Å². The van der Waals surface area contributed by atoms with E-state index in [-0.39, 0.29) is 6.04 Å². The maximum Gasteiger partial charge on any atom is 0.151 e. The summed E-state index contributed by atoms with van der Waals surface area (Å²) in [5.74, 6) is 0.694. The second-order valence-electron chi connectivity index (χ2n) is 4.21. The Morgan fingerprint density at radius 2 is 2.14 bits per heavy atom. The standard InChI is InChI=1S/C9H20N2O2S/c1-11(2)6-5-10-9-4-3-7-14(12,13)8-9/h9-10H,3-8H2,1-2H3. The highest BCUT2D eigenvalue weighted by Gasteiger charge is 2.23. The average Bonchev–Trinajstić information content (AvgIpc) is 2.01. The second-order valence-corrected chi connectivity index (χ2v) is 6.44. The van der Waals surface area contributed by atoms with Crippen LogP contribution in [0, 0.1) is 0 Å². The third-order valence-electron chi connectivity index (χ3n) is 2.46. The Morgan fingerprint density at radius 1 is 1.43 bits per heavy atom. The third-order valence-corrected chi connectivity index (χ3v) is 4.28. The highest BCUT2D eigenvalue weighted by atomic mass is 32.2. The van der Waals surface area contributed by atoms with Crippen molar-refractivity contribution in [2.24, 2.45) is 0 Å². The van der Waals surface area contributed by atoms with Crippen LogP contribution in [0.4, 0.5) is 0 Å². The van der Waals surface area contributed by atoms with E-state index in [1.54, 1.807) is 0 Å². The molecule has 5 heteroatoms. The fourth-order valence-corrected chi connectivity index (χ4v) is 3.35. The first kappa shape index (κ1) is 11.9. The molecule has 0 aromatic heterocycles. The van der Waals surface area contributed by atoms with Crippen molar-refractivity contribution in [2.45, 2.75) is 18.9 Å². The van der Waals surface area contributed by atoms with Crippen molar-refractivity contribution in [1.29, 1.82) is 0 Å². The van der Waals surface area contributed by atoms with Gasteiger partial charge in [-0.2, -0.15) is 0 Å². The lowest BCUT2D eigenvalue weighted by Gasteiger charge is -2.23. The molecule has 1 aliphatic rings. The second kappa shape index (κ2) is 5.09. The van der Waals surface area contributed by atoms with E-state index in [2.05, 4.69) is 10.2 Å². The molecular formula is C9H20N2O2S. The zero-order chi connectivity index (χ0) is 10.6. The van der Waals surface area contributed by atoms with E-state index in [1.807, 2.05) is 14.1 Å². The molecule has 1 saturated heterocycles. The van der Waals surface area contributed by atoms with Gasteiger partial charge in [0.15, 0.2) is 9.84 Å². The van der Waals surface area contributed by atoms with Crippen LogP contribution in [0.25, 0.3) is 0 Å². The SMILES string of the molecule is CN(C)CCNC1CCCS(=O)(=O)C1. The summed E-state index contributed by atoms with van der Waals surface area (Å²) in [6.45, 7) is 1.82. The summed E-state index contributed by atoms with van der Waals surface area (Å²) in [5.41, 5.74) is 0. The van der Waals surface area contributed by atoms with Crippen LogP contribution in [0.5, 0.6) is 0 Å². The highest BCUT2D eigenvalue weighted by Crippen LogP contribution is 2.11. The molecule has 0 aliphatic carbocycles. The molecule has 1 aliphatic heterocycles. The number of likely N-dealkylation sites (N-methyl/N-ethyl adjacent to an activating group) is 1. The third kappa shape index (κ3) is 4.39. The first-order valence-corrected chi connectivity index (χ1v) is 6.90. The Labute approximate surface area is 86.6 Å². The van der Waals surface area contributed by atoms with Gasteiger partial charge in [-0.15, -0.1) is 0 Å². The lowest BCUT2D eigenvalue weighted by atomic mass is 10.2. The molecule has 4 nitrogen and oxygen atoms in total. The summed E-state index contributed by atoms with van der Waals surface area (Å²) < 4.78 is 22.6. The molecule has 0 aromatic rings. The van der Waals surface area contributed by atoms with E-state index in [0.717, 1.165) is 25.9 Å². The van der Waals surface area contributed by atoms with Crippen molar-refractivity contribution in [3.8, 4) is 0 Å². The van der Waals surface area contributed by atoms with Gasteiger partial charge in [0, 0.05) is 19.1 Å². The molecule has 0 bridgehead atoms. The molecule has 0 radical (unpaired) electrons. The van der Waals surface area contributed by atoms with Crippen LogP contribution in [-0.4, -0.2) is 58.1 Å². The Balaban J connectivity index is 2.25. The molecule has 0 aromatic carbocycles. The van der Waals surface area contributed by atoms with Crippen molar-refractivity contribution in [2.75, 3.05) is 38.7 Å². The smallest absolute Gasteiger partial charge is 0.151 e. The number of sulfone groups is 1. The van der Waals surface area contributed by atoms with Crippen LogP contribution in [0.3, 0.4) is 0 Å². The molecule has 1 N–H and O–H groups in total. The predicted molar refractivity (Wildman–Crippen MR) is 58.2 cm³/mol. The molecule has 1 atom stereocenters. The molecular weight excluding hydrogens is 200 g/mol. The molecule has 1 fully saturated rings. The minimum atomic E-state index is -2.76. The quantitative estimate of drug-likeness (QED) is 0.707. The molecule has 0 spiro atoms. The first-order chi connectivity index (χ1) is 6.49. The number of hydrogen-bond acceptors (Lipinski definition) is 4. The maximum absolute atomic E-state index is 11.3. The van der Waals surface area contributed by atoms with Crippen LogP contribution in [0.2, 0.25) is 0 Å². The van der Waals surface area contributed by atoms with Gasteiger partial charge < -0.3 is 10.2 Å². The van der Waals surface area contributed by atoms with Crippen molar-refractivity contribution in [1.82, 2.24) is 10.2 Å². The summed E-state index contributed by atoms with van der Waals surface area (Å²) >= 11 is 0. The van der Waals surface area contributed by atoms with E-state index < -0.39 is 9.84 Å². The summed E-state index contributed by atoms with van der Waals surface area (Å²) in [4.78, 5) is 2.09. The molecule has 0 amide bonds. The van der Waals surface area contributed by atoms with Gasteiger partial charge in [0.05, 0.1) is 11.5 Å². The summed E-state index contributed by atoms with van der Waals surface area (Å²) in [5, 5.41) is 3.29.